The third-order valence-corrected chi connectivity index (χ3v) is 2.92. The van der Waals surface area contributed by atoms with E-state index in [0.29, 0.717) is 6.54 Å². The van der Waals surface area contributed by atoms with Gasteiger partial charge < -0.3 is 15.4 Å². The topological polar surface area (TPSA) is 64.1 Å². The summed E-state index contributed by atoms with van der Waals surface area (Å²) in [6.45, 7) is 5.64. The van der Waals surface area contributed by atoms with Crippen LogP contribution in [-0.2, 0) is 6.54 Å². The second-order valence-electron chi connectivity index (χ2n) is 4.24. The van der Waals surface area contributed by atoms with E-state index in [1.807, 2.05) is 4.57 Å². The molecule has 0 aliphatic rings. The van der Waals surface area contributed by atoms with Crippen molar-refractivity contribution in [1.82, 2.24) is 9.55 Å². The Bertz CT molecular complexity index is 298. The predicted octanol–water partition coefficient (Wildman–Crippen LogP) is 1.70. The highest BCUT2D eigenvalue weighted by Crippen LogP contribution is 2.24. The van der Waals surface area contributed by atoms with Crippen LogP contribution < -0.4 is 5.73 Å². The Hall–Kier alpha value is -0.870. The van der Waals surface area contributed by atoms with E-state index in [4.69, 9.17) is 5.73 Å². The Labute approximate surface area is 97.5 Å². The first-order valence-corrected chi connectivity index (χ1v) is 6.12. The van der Waals surface area contributed by atoms with E-state index in [9.17, 15) is 5.11 Å². The molecule has 0 spiro atoms. The summed E-state index contributed by atoms with van der Waals surface area (Å²) in [6, 6.07) is 0. The second kappa shape index (κ2) is 6.66. The molecule has 1 aromatic rings. The molecule has 4 nitrogen and oxygen atoms in total. The van der Waals surface area contributed by atoms with Gasteiger partial charge in [0.25, 0.3) is 0 Å². The Morgan fingerprint density at radius 2 is 2.19 bits per heavy atom. The second-order valence-corrected chi connectivity index (χ2v) is 4.24. The monoisotopic (exact) mass is 225 g/mol. The third kappa shape index (κ3) is 3.06. The van der Waals surface area contributed by atoms with Gasteiger partial charge in [0.15, 0.2) is 0 Å². The Morgan fingerprint density at radius 1 is 1.44 bits per heavy atom. The van der Waals surface area contributed by atoms with Gasteiger partial charge in [-0.15, -0.1) is 0 Å². The van der Waals surface area contributed by atoms with Crippen LogP contribution >= 0.6 is 0 Å². The molecule has 1 aromatic heterocycles. The van der Waals surface area contributed by atoms with Gasteiger partial charge >= 0.3 is 0 Å². The van der Waals surface area contributed by atoms with E-state index in [1.165, 1.54) is 0 Å². The molecule has 0 saturated heterocycles. The largest absolute Gasteiger partial charge is 0.386 e. The molecule has 3 N–H and O–H groups in total. The van der Waals surface area contributed by atoms with Crippen LogP contribution in [-0.4, -0.2) is 21.2 Å². The minimum absolute atomic E-state index is 0.136. The van der Waals surface area contributed by atoms with Gasteiger partial charge in [-0.3, -0.25) is 0 Å². The SMILES string of the molecule is CCCC(CN)C(O)c1cncn1CCC. The number of imidazole rings is 1. The normalized spacial score (nSPS) is 15.0. The minimum Gasteiger partial charge on any atom is -0.386 e. The number of nitrogens with two attached hydrogens (primary N) is 1. The van der Waals surface area contributed by atoms with E-state index >= 15 is 0 Å². The number of hydrogen-bond donors (Lipinski definition) is 2. The van der Waals surface area contributed by atoms with Crippen LogP contribution in [0.1, 0.15) is 44.9 Å². The van der Waals surface area contributed by atoms with Crippen LogP contribution in [0, 0.1) is 5.92 Å². The van der Waals surface area contributed by atoms with Crippen LogP contribution in [0.25, 0.3) is 0 Å². The molecular formula is C12H23N3O. The van der Waals surface area contributed by atoms with Crippen molar-refractivity contribution >= 4 is 0 Å². The number of nitrogens with zero attached hydrogens (tertiary/aromatic N) is 2. The van der Waals surface area contributed by atoms with Crippen LogP contribution in [0.2, 0.25) is 0 Å². The molecule has 2 unspecified atom stereocenters. The van der Waals surface area contributed by atoms with Crippen molar-refractivity contribution in [3.63, 3.8) is 0 Å². The molecule has 0 saturated carbocycles. The number of rotatable bonds is 7. The van der Waals surface area contributed by atoms with Gasteiger partial charge in [-0.05, 0) is 19.4 Å². The fourth-order valence-electron chi connectivity index (χ4n) is 2.02. The molecular weight excluding hydrogens is 202 g/mol. The molecule has 0 amide bonds. The molecule has 2 atom stereocenters. The van der Waals surface area contributed by atoms with Crippen molar-refractivity contribution < 1.29 is 5.11 Å². The van der Waals surface area contributed by atoms with Crippen molar-refractivity contribution in [3.05, 3.63) is 18.2 Å². The lowest BCUT2D eigenvalue weighted by Gasteiger charge is -2.21. The summed E-state index contributed by atoms with van der Waals surface area (Å²) < 4.78 is 2.02. The summed E-state index contributed by atoms with van der Waals surface area (Å²) in [7, 11) is 0. The zero-order chi connectivity index (χ0) is 12.0. The molecule has 92 valence electrons. The Kier molecular flexibility index (Phi) is 5.49. The molecule has 16 heavy (non-hydrogen) atoms. The maximum atomic E-state index is 10.3. The summed E-state index contributed by atoms with van der Waals surface area (Å²) in [4.78, 5) is 4.10. The van der Waals surface area contributed by atoms with Gasteiger partial charge in [-0.25, -0.2) is 4.98 Å². The summed E-state index contributed by atoms with van der Waals surface area (Å²) in [5.74, 6) is 0.136. The smallest absolute Gasteiger partial charge is 0.0995 e. The molecule has 0 aliphatic carbocycles. The molecule has 0 aromatic carbocycles. The number of aliphatic hydroxyl groups excluding tert-OH is 1. The maximum absolute atomic E-state index is 10.3. The van der Waals surface area contributed by atoms with Crippen molar-refractivity contribution in [2.45, 2.75) is 45.8 Å². The lowest BCUT2D eigenvalue weighted by Crippen LogP contribution is -2.23. The Morgan fingerprint density at radius 3 is 2.75 bits per heavy atom. The average Bonchev–Trinajstić information content (AvgIpc) is 2.73. The van der Waals surface area contributed by atoms with Gasteiger partial charge in [0.2, 0.25) is 0 Å². The molecule has 0 fully saturated rings. The number of hydrogen-bond acceptors (Lipinski definition) is 3. The quantitative estimate of drug-likeness (QED) is 0.742. The minimum atomic E-state index is -0.487. The zero-order valence-electron chi connectivity index (χ0n) is 10.3. The summed E-state index contributed by atoms with van der Waals surface area (Å²) in [5.41, 5.74) is 6.59. The molecule has 4 heteroatoms. The highest BCUT2D eigenvalue weighted by Gasteiger charge is 2.21. The maximum Gasteiger partial charge on any atom is 0.0995 e. The summed E-state index contributed by atoms with van der Waals surface area (Å²) >= 11 is 0. The first-order valence-electron chi connectivity index (χ1n) is 6.12. The summed E-state index contributed by atoms with van der Waals surface area (Å²) in [6.07, 6.45) is 6.08. The zero-order valence-corrected chi connectivity index (χ0v) is 10.3. The summed E-state index contributed by atoms with van der Waals surface area (Å²) in [5, 5.41) is 10.3. The fraction of sp³-hybridized carbons (Fsp3) is 0.750. The van der Waals surface area contributed by atoms with Gasteiger partial charge in [0, 0.05) is 12.5 Å². The molecule has 1 rings (SSSR count). The molecule has 0 bridgehead atoms. The standard InChI is InChI=1S/C12H23N3O/c1-3-5-10(7-13)12(16)11-8-14-9-15(11)6-4-2/h8-10,12,16H,3-7,13H2,1-2H3. The van der Waals surface area contributed by atoms with E-state index < -0.39 is 6.10 Å². The lowest BCUT2D eigenvalue weighted by molar-refractivity contribution is 0.0986. The van der Waals surface area contributed by atoms with Crippen LogP contribution in [0.5, 0.6) is 0 Å². The van der Waals surface area contributed by atoms with Crippen LogP contribution in [0.15, 0.2) is 12.5 Å². The highest BCUT2D eigenvalue weighted by molar-refractivity contribution is 5.04. The van der Waals surface area contributed by atoms with Crippen molar-refractivity contribution in [2.75, 3.05) is 6.54 Å². The van der Waals surface area contributed by atoms with Gasteiger partial charge in [-0.1, -0.05) is 20.3 Å². The average molecular weight is 225 g/mol. The first kappa shape index (κ1) is 13.2. The molecule has 1 heterocycles. The van der Waals surface area contributed by atoms with E-state index in [0.717, 1.165) is 31.5 Å². The van der Waals surface area contributed by atoms with Gasteiger partial charge in [0.1, 0.15) is 0 Å². The first-order chi connectivity index (χ1) is 7.74. The number of aryl methyl sites for hydroxylation is 1. The molecule has 0 radical (unpaired) electrons. The van der Waals surface area contributed by atoms with Crippen molar-refractivity contribution in [3.8, 4) is 0 Å². The predicted molar refractivity (Wildman–Crippen MR) is 64.9 cm³/mol. The van der Waals surface area contributed by atoms with Crippen LogP contribution in [0.4, 0.5) is 0 Å². The number of aliphatic hydroxyl groups is 1. The molecule has 0 aliphatic heterocycles. The fourth-order valence-corrected chi connectivity index (χ4v) is 2.02. The van der Waals surface area contributed by atoms with Crippen LogP contribution in [0.3, 0.4) is 0 Å². The van der Waals surface area contributed by atoms with Crippen molar-refractivity contribution in [1.29, 1.82) is 0 Å². The highest BCUT2D eigenvalue weighted by atomic mass is 16.3. The van der Waals surface area contributed by atoms with Gasteiger partial charge in [0.05, 0.1) is 24.3 Å². The third-order valence-electron chi connectivity index (χ3n) is 2.92. The van der Waals surface area contributed by atoms with E-state index in [-0.39, 0.29) is 5.92 Å². The van der Waals surface area contributed by atoms with E-state index in [2.05, 4.69) is 18.8 Å². The Balaban J connectivity index is 2.76. The lowest BCUT2D eigenvalue weighted by atomic mass is 9.95. The van der Waals surface area contributed by atoms with Gasteiger partial charge in [-0.2, -0.15) is 0 Å². The van der Waals surface area contributed by atoms with E-state index in [1.54, 1.807) is 12.5 Å². The van der Waals surface area contributed by atoms with Crippen molar-refractivity contribution in [2.24, 2.45) is 11.7 Å². The number of aromatic nitrogens is 2.